The third kappa shape index (κ3) is 4.34. The van der Waals surface area contributed by atoms with Gasteiger partial charge in [-0.3, -0.25) is 9.59 Å². The summed E-state index contributed by atoms with van der Waals surface area (Å²) in [5, 5.41) is 5.92. The van der Waals surface area contributed by atoms with Crippen LogP contribution >= 0.6 is 27.3 Å². The summed E-state index contributed by atoms with van der Waals surface area (Å²) >= 11 is 4.88. The van der Waals surface area contributed by atoms with Gasteiger partial charge in [-0.05, 0) is 67.3 Å². The molecular formula is C22H19BrN2O2S. The predicted molar refractivity (Wildman–Crippen MR) is 117 cm³/mol. The minimum absolute atomic E-state index is 0.0911. The van der Waals surface area contributed by atoms with Gasteiger partial charge in [0.05, 0.1) is 4.88 Å². The third-order valence-corrected chi connectivity index (χ3v) is 6.28. The van der Waals surface area contributed by atoms with Crippen molar-refractivity contribution >= 4 is 44.8 Å². The van der Waals surface area contributed by atoms with Crippen molar-refractivity contribution in [1.82, 2.24) is 5.32 Å². The van der Waals surface area contributed by atoms with Gasteiger partial charge in [0.1, 0.15) is 0 Å². The van der Waals surface area contributed by atoms with Crippen LogP contribution in [-0.2, 0) is 0 Å². The Hall–Kier alpha value is -2.44. The molecule has 4 nitrogen and oxygen atoms in total. The van der Waals surface area contributed by atoms with Crippen molar-refractivity contribution in [2.24, 2.45) is 0 Å². The molecule has 0 bridgehead atoms. The Bertz CT molecular complexity index is 1040. The molecule has 2 N–H and O–H groups in total. The van der Waals surface area contributed by atoms with Crippen LogP contribution in [0.15, 0.2) is 59.1 Å². The van der Waals surface area contributed by atoms with Gasteiger partial charge >= 0.3 is 0 Å². The first kappa shape index (κ1) is 18.9. The summed E-state index contributed by atoms with van der Waals surface area (Å²) in [5.41, 5.74) is 3.21. The van der Waals surface area contributed by atoms with E-state index in [1.54, 1.807) is 12.1 Å². The Labute approximate surface area is 176 Å². The molecule has 0 saturated heterocycles. The van der Waals surface area contributed by atoms with Gasteiger partial charge in [-0.15, -0.1) is 11.3 Å². The highest BCUT2D eigenvalue weighted by Gasteiger charge is 2.24. The largest absolute Gasteiger partial charge is 0.349 e. The first-order chi connectivity index (χ1) is 13.5. The Morgan fingerprint density at radius 3 is 2.46 bits per heavy atom. The Morgan fingerprint density at radius 1 is 1.00 bits per heavy atom. The van der Waals surface area contributed by atoms with Gasteiger partial charge in [-0.1, -0.05) is 34.1 Å². The first-order valence-electron chi connectivity index (χ1n) is 9.08. The fraction of sp³-hybridized carbons (Fsp3) is 0.182. The first-order valence-corrected chi connectivity index (χ1v) is 10.7. The number of nitrogens with one attached hydrogen (secondary N) is 2. The second-order valence-electron chi connectivity index (χ2n) is 6.90. The minimum atomic E-state index is -0.170. The summed E-state index contributed by atoms with van der Waals surface area (Å²) in [6, 6.07) is 17.5. The van der Waals surface area contributed by atoms with E-state index in [9.17, 15) is 9.59 Å². The smallest absolute Gasteiger partial charge is 0.265 e. The second kappa shape index (κ2) is 7.89. The molecule has 2 amide bonds. The van der Waals surface area contributed by atoms with Crippen molar-refractivity contribution in [3.05, 3.63) is 75.1 Å². The van der Waals surface area contributed by atoms with E-state index in [4.69, 9.17) is 0 Å². The average Bonchev–Trinajstić information content (AvgIpc) is 3.35. The van der Waals surface area contributed by atoms with Gasteiger partial charge < -0.3 is 10.6 Å². The standard InChI is InChI=1S/C22H19BrN2O2S/c1-13-2-3-15(21(26)24-17-8-9-17)12-18(13)25-22(27)20-11-10-19(28-20)14-4-6-16(23)7-5-14/h2-7,10-12,17H,8-9H2,1H3,(H,24,26)(H,25,27). The van der Waals surface area contributed by atoms with E-state index in [1.165, 1.54) is 11.3 Å². The molecule has 1 fully saturated rings. The van der Waals surface area contributed by atoms with Crippen molar-refractivity contribution in [3.63, 3.8) is 0 Å². The van der Waals surface area contributed by atoms with E-state index in [0.717, 1.165) is 33.3 Å². The molecule has 1 aromatic heterocycles. The molecule has 0 aliphatic heterocycles. The molecule has 1 aliphatic rings. The number of anilines is 1. The van der Waals surface area contributed by atoms with Gasteiger partial charge in [0.2, 0.25) is 0 Å². The molecule has 0 atom stereocenters. The lowest BCUT2D eigenvalue weighted by Gasteiger charge is -2.10. The van der Waals surface area contributed by atoms with E-state index in [1.807, 2.05) is 49.4 Å². The molecule has 3 aromatic rings. The van der Waals surface area contributed by atoms with Crippen molar-refractivity contribution < 1.29 is 9.59 Å². The van der Waals surface area contributed by atoms with E-state index in [-0.39, 0.29) is 11.8 Å². The number of halogens is 1. The van der Waals surface area contributed by atoms with Crippen LogP contribution in [0.5, 0.6) is 0 Å². The number of aryl methyl sites for hydroxylation is 1. The fourth-order valence-electron chi connectivity index (χ4n) is 2.81. The van der Waals surface area contributed by atoms with E-state index >= 15 is 0 Å². The van der Waals surface area contributed by atoms with E-state index in [0.29, 0.717) is 22.2 Å². The van der Waals surface area contributed by atoms with Gasteiger partial charge in [0.15, 0.2) is 0 Å². The molecule has 0 spiro atoms. The Kier molecular flexibility index (Phi) is 5.33. The van der Waals surface area contributed by atoms with Crippen LogP contribution in [0.25, 0.3) is 10.4 Å². The van der Waals surface area contributed by atoms with Gasteiger partial charge in [0.25, 0.3) is 11.8 Å². The van der Waals surface area contributed by atoms with Crippen molar-refractivity contribution in [2.45, 2.75) is 25.8 Å². The number of benzene rings is 2. The molecule has 0 radical (unpaired) electrons. The Morgan fingerprint density at radius 2 is 1.75 bits per heavy atom. The van der Waals surface area contributed by atoms with E-state index < -0.39 is 0 Å². The zero-order valence-corrected chi connectivity index (χ0v) is 17.7. The number of hydrogen-bond acceptors (Lipinski definition) is 3. The maximum Gasteiger partial charge on any atom is 0.265 e. The highest BCUT2D eigenvalue weighted by Crippen LogP contribution is 2.30. The summed E-state index contributed by atoms with van der Waals surface area (Å²) in [6.07, 6.45) is 2.08. The van der Waals surface area contributed by atoms with E-state index in [2.05, 4.69) is 26.6 Å². The zero-order chi connectivity index (χ0) is 19.7. The van der Waals surface area contributed by atoms with Crippen molar-refractivity contribution in [2.75, 3.05) is 5.32 Å². The van der Waals surface area contributed by atoms with Crippen LogP contribution in [0, 0.1) is 6.92 Å². The normalized spacial score (nSPS) is 13.2. The average molecular weight is 455 g/mol. The number of carbonyl (C=O) groups is 2. The van der Waals surface area contributed by atoms with Crippen LogP contribution in [0.2, 0.25) is 0 Å². The monoisotopic (exact) mass is 454 g/mol. The molecule has 28 heavy (non-hydrogen) atoms. The van der Waals surface area contributed by atoms with Crippen molar-refractivity contribution in [3.8, 4) is 10.4 Å². The maximum atomic E-state index is 12.7. The lowest BCUT2D eigenvalue weighted by atomic mass is 10.1. The van der Waals surface area contributed by atoms with Gasteiger partial charge in [-0.2, -0.15) is 0 Å². The summed E-state index contributed by atoms with van der Waals surface area (Å²) < 4.78 is 1.02. The maximum absolute atomic E-state index is 12.7. The molecule has 6 heteroatoms. The van der Waals surface area contributed by atoms with Crippen molar-refractivity contribution in [1.29, 1.82) is 0 Å². The zero-order valence-electron chi connectivity index (χ0n) is 15.3. The molecule has 142 valence electrons. The molecule has 1 heterocycles. The summed E-state index contributed by atoms with van der Waals surface area (Å²) in [7, 11) is 0. The SMILES string of the molecule is Cc1ccc(C(=O)NC2CC2)cc1NC(=O)c1ccc(-c2ccc(Br)cc2)s1. The van der Waals surface area contributed by atoms with Crippen LogP contribution in [0.4, 0.5) is 5.69 Å². The second-order valence-corrected chi connectivity index (χ2v) is 8.90. The third-order valence-electron chi connectivity index (χ3n) is 4.62. The Balaban J connectivity index is 1.50. The topological polar surface area (TPSA) is 58.2 Å². The van der Waals surface area contributed by atoms with Crippen LogP contribution in [-0.4, -0.2) is 17.9 Å². The van der Waals surface area contributed by atoms with Crippen LogP contribution in [0.3, 0.4) is 0 Å². The predicted octanol–water partition coefficient (Wildman–Crippen LogP) is 5.63. The highest BCUT2D eigenvalue weighted by atomic mass is 79.9. The number of hydrogen-bond donors (Lipinski definition) is 2. The summed E-state index contributed by atoms with van der Waals surface area (Å²) in [5.74, 6) is -0.261. The molecular weight excluding hydrogens is 436 g/mol. The van der Waals surface area contributed by atoms with Gasteiger partial charge in [-0.25, -0.2) is 0 Å². The molecule has 1 saturated carbocycles. The molecule has 4 rings (SSSR count). The quantitative estimate of drug-likeness (QED) is 0.524. The molecule has 1 aliphatic carbocycles. The number of carbonyl (C=O) groups excluding carboxylic acids is 2. The number of amides is 2. The highest BCUT2D eigenvalue weighted by molar-refractivity contribution is 9.10. The lowest BCUT2D eigenvalue weighted by molar-refractivity contribution is 0.0949. The van der Waals surface area contributed by atoms with Crippen LogP contribution < -0.4 is 10.6 Å². The lowest BCUT2D eigenvalue weighted by Crippen LogP contribution is -2.25. The van der Waals surface area contributed by atoms with Crippen LogP contribution in [0.1, 0.15) is 38.4 Å². The van der Waals surface area contributed by atoms with Gasteiger partial charge in [0, 0.05) is 26.6 Å². The minimum Gasteiger partial charge on any atom is -0.349 e. The number of rotatable bonds is 5. The molecule has 0 unspecified atom stereocenters. The number of thiophene rings is 1. The fourth-order valence-corrected chi connectivity index (χ4v) is 3.98. The summed E-state index contributed by atoms with van der Waals surface area (Å²) in [6.45, 7) is 1.92. The summed E-state index contributed by atoms with van der Waals surface area (Å²) in [4.78, 5) is 26.7. The molecule has 2 aromatic carbocycles.